The second kappa shape index (κ2) is 11.7. The minimum atomic E-state index is -4.77. The van der Waals surface area contributed by atoms with E-state index in [0.717, 1.165) is 0 Å². The molecular formula is C27H28F3N3O5. The number of ether oxygens (including phenoxy) is 3. The molecule has 38 heavy (non-hydrogen) atoms. The van der Waals surface area contributed by atoms with Crippen LogP contribution in [0, 0.1) is 17.3 Å². The largest absolute Gasteiger partial charge is 0.573 e. The van der Waals surface area contributed by atoms with Gasteiger partial charge in [-0.2, -0.15) is 5.10 Å². The maximum absolute atomic E-state index is 13.7. The van der Waals surface area contributed by atoms with Crippen LogP contribution in [0.1, 0.15) is 36.5 Å². The summed E-state index contributed by atoms with van der Waals surface area (Å²) >= 11 is 0. The van der Waals surface area contributed by atoms with E-state index in [2.05, 4.69) is 14.8 Å². The van der Waals surface area contributed by atoms with Crippen molar-refractivity contribution in [2.24, 2.45) is 17.3 Å². The maximum Gasteiger partial charge on any atom is 0.573 e. The monoisotopic (exact) mass is 531 g/mol. The number of rotatable bonds is 10. The topological polar surface area (TPSA) is 92.5 Å². The summed E-state index contributed by atoms with van der Waals surface area (Å²) < 4.78 is 54.0. The van der Waals surface area contributed by atoms with Crippen LogP contribution in [0.5, 0.6) is 11.5 Å². The van der Waals surface area contributed by atoms with Gasteiger partial charge in [0.05, 0.1) is 25.3 Å². The zero-order valence-corrected chi connectivity index (χ0v) is 20.8. The van der Waals surface area contributed by atoms with Crippen LogP contribution in [-0.4, -0.2) is 46.1 Å². The number of esters is 1. The van der Waals surface area contributed by atoms with Crippen molar-refractivity contribution in [1.29, 1.82) is 0 Å². The summed E-state index contributed by atoms with van der Waals surface area (Å²) in [6.45, 7) is 2.50. The lowest BCUT2D eigenvalue weighted by Gasteiger charge is -2.41. The Balaban J connectivity index is 1.39. The summed E-state index contributed by atoms with van der Waals surface area (Å²) in [5.41, 5.74) is -0.248. The molecule has 0 N–H and O–H groups in total. The Kier molecular flexibility index (Phi) is 8.33. The summed E-state index contributed by atoms with van der Waals surface area (Å²) in [5.74, 6) is -0.976. The van der Waals surface area contributed by atoms with Crippen molar-refractivity contribution in [1.82, 2.24) is 14.8 Å². The highest BCUT2D eigenvalue weighted by Gasteiger charge is 2.46. The van der Waals surface area contributed by atoms with Gasteiger partial charge in [-0.3, -0.25) is 9.48 Å². The Hall–Kier alpha value is -3.89. The molecule has 0 saturated heterocycles. The number of hydrogen-bond donors (Lipinski definition) is 0. The number of nitrogens with zero attached hydrogens (tertiary/aromatic N) is 3. The number of ketones is 1. The summed E-state index contributed by atoms with van der Waals surface area (Å²) in [7, 11) is 0. The van der Waals surface area contributed by atoms with Crippen LogP contribution in [0.4, 0.5) is 13.2 Å². The Bertz CT molecular complexity index is 1200. The van der Waals surface area contributed by atoms with Gasteiger partial charge in [-0.1, -0.05) is 25.1 Å². The van der Waals surface area contributed by atoms with E-state index in [4.69, 9.17) is 9.47 Å². The smallest absolute Gasteiger partial charge is 0.493 e. The van der Waals surface area contributed by atoms with Gasteiger partial charge in [0.2, 0.25) is 0 Å². The number of Topliss-reactive ketones (excluding diaryl/α,β-unsaturated/α-hetero) is 1. The number of carbonyl (C=O) groups excluding carboxylic acids is 2. The Morgan fingerprint density at radius 3 is 2.47 bits per heavy atom. The molecule has 1 aliphatic carbocycles. The summed E-state index contributed by atoms with van der Waals surface area (Å²) in [4.78, 5) is 30.0. The molecular weight excluding hydrogens is 503 g/mol. The van der Waals surface area contributed by atoms with Crippen LogP contribution in [0.3, 0.4) is 0 Å². The van der Waals surface area contributed by atoms with Crippen molar-refractivity contribution in [2.75, 3.05) is 13.2 Å². The van der Waals surface area contributed by atoms with Gasteiger partial charge in [0, 0.05) is 17.3 Å². The summed E-state index contributed by atoms with van der Waals surface area (Å²) in [6.07, 6.45) is -0.208. The van der Waals surface area contributed by atoms with Gasteiger partial charge < -0.3 is 14.2 Å². The molecule has 0 aliphatic heterocycles. The summed E-state index contributed by atoms with van der Waals surface area (Å²) in [6, 6.07) is 13.8. The fourth-order valence-electron chi connectivity index (χ4n) is 4.67. The molecule has 0 spiro atoms. The van der Waals surface area contributed by atoms with E-state index in [9.17, 15) is 22.8 Å². The van der Waals surface area contributed by atoms with Crippen LogP contribution in [0.2, 0.25) is 0 Å². The lowest BCUT2D eigenvalue weighted by Crippen LogP contribution is -2.46. The first kappa shape index (κ1) is 27.2. The van der Waals surface area contributed by atoms with Crippen molar-refractivity contribution in [3.63, 3.8) is 0 Å². The predicted octanol–water partition coefficient (Wildman–Crippen LogP) is 5.10. The van der Waals surface area contributed by atoms with Crippen molar-refractivity contribution in [2.45, 2.75) is 39.1 Å². The fourth-order valence-corrected chi connectivity index (χ4v) is 4.67. The first-order valence-electron chi connectivity index (χ1n) is 12.2. The van der Waals surface area contributed by atoms with Gasteiger partial charge in [-0.05, 0) is 55.7 Å². The number of alkyl halides is 3. The van der Waals surface area contributed by atoms with Crippen LogP contribution >= 0.6 is 0 Å². The molecule has 4 rings (SSSR count). The Morgan fingerprint density at radius 1 is 1.11 bits per heavy atom. The van der Waals surface area contributed by atoms with Crippen LogP contribution in [-0.2, 0) is 16.1 Å². The van der Waals surface area contributed by atoms with Gasteiger partial charge in [0.15, 0.2) is 0 Å². The van der Waals surface area contributed by atoms with E-state index >= 15 is 0 Å². The minimum Gasteiger partial charge on any atom is -0.493 e. The van der Waals surface area contributed by atoms with Crippen molar-refractivity contribution in [3.05, 3.63) is 72.8 Å². The molecule has 1 aliphatic rings. The predicted molar refractivity (Wildman–Crippen MR) is 129 cm³/mol. The van der Waals surface area contributed by atoms with E-state index in [1.807, 2.05) is 13.0 Å². The van der Waals surface area contributed by atoms with E-state index in [0.29, 0.717) is 37.1 Å². The first-order chi connectivity index (χ1) is 18.1. The lowest BCUT2D eigenvalue weighted by atomic mass is 9.64. The third-order valence-electron chi connectivity index (χ3n) is 6.84. The maximum atomic E-state index is 13.7. The third-order valence-corrected chi connectivity index (χ3v) is 6.84. The minimum absolute atomic E-state index is 0.0255. The fraction of sp³-hybridized carbons (Fsp3) is 0.407. The SMILES string of the molecule is C[C@@]1(CCOC(=O)c2ccccc2)CC[C@@H](COc2ccc(OC(F)(F)F)cc2)[C@H](Cn2cncn2)C1=O. The molecule has 3 aromatic rings. The lowest BCUT2D eigenvalue weighted by molar-refractivity contribution is -0.274. The average Bonchev–Trinajstić information content (AvgIpc) is 3.40. The highest BCUT2D eigenvalue weighted by Crippen LogP contribution is 2.42. The standard InChI is InChI=1S/C27H28F3N3O5/c1-26(13-14-36-25(35)19-5-3-2-4-6-19)12-11-20(23(24(26)34)15-33-18-31-17-32-33)16-37-21-7-9-22(10-8-21)38-27(28,29)30/h2-10,17-18,20,23H,11-16H2,1H3/t20-,23-,26-/m0/s1. The molecule has 1 saturated carbocycles. The van der Waals surface area contributed by atoms with Crippen LogP contribution in [0.25, 0.3) is 0 Å². The first-order valence-corrected chi connectivity index (χ1v) is 12.2. The number of carbonyl (C=O) groups is 2. The Labute approximate surface area is 217 Å². The van der Waals surface area contributed by atoms with Gasteiger partial charge in [0.25, 0.3) is 0 Å². The molecule has 1 heterocycles. The van der Waals surface area contributed by atoms with Gasteiger partial charge in [-0.15, -0.1) is 13.2 Å². The quantitative estimate of drug-likeness (QED) is 0.336. The second-order valence-electron chi connectivity index (χ2n) is 9.53. The molecule has 0 radical (unpaired) electrons. The van der Waals surface area contributed by atoms with Crippen molar-refractivity contribution >= 4 is 11.8 Å². The van der Waals surface area contributed by atoms with Crippen LogP contribution in [0.15, 0.2) is 67.3 Å². The van der Waals surface area contributed by atoms with Crippen molar-refractivity contribution in [3.8, 4) is 11.5 Å². The van der Waals surface area contributed by atoms with Gasteiger partial charge in [-0.25, -0.2) is 9.78 Å². The number of aromatic nitrogens is 3. The normalized spacial score (nSPS) is 21.6. The van der Waals surface area contributed by atoms with E-state index in [1.165, 1.54) is 36.9 Å². The molecule has 2 aromatic carbocycles. The molecule has 11 heteroatoms. The average molecular weight is 532 g/mol. The number of benzene rings is 2. The molecule has 0 amide bonds. The molecule has 0 unspecified atom stereocenters. The molecule has 3 atom stereocenters. The number of hydrogen-bond acceptors (Lipinski definition) is 7. The number of halogens is 3. The molecule has 1 fully saturated rings. The van der Waals surface area contributed by atoms with Gasteiger partial charge >= 0.3 is 12.3 Å². The highest BCUT2D eigenvalue weighted by molar-refractivity contribution is 5.89. The third kappa shape index (κ3) is 7.11. The Morgan fingerprint density at radius 2 is 1.82 bits per heavy atom. The molecule has 0 bridgehead atoms. The highest BCUT2D eigenvalue weighted by atomic mass is 19.4. The summed E-state index contributed by atoms with van der Waals surface area (Å²) in [5, 5.41) is 4.14. The van der Waals surface area contributed by atoms with Crippen LogP contribution < -0.4 is 9.47 Å². The van der Waals surface area contributed by atoms with E-state index in [1.54, 1.807) is 28.9 Å². The molecule has 202 valence electrons. The zero-order valence-electron chi connectivity index (χ0n) is 20.8. The molecule has 8 nitrogen and oxygen atoms in total. The van der Waals surface area contributed by atoms with Gasteiger partial charge in [0.1, 0.15) is 29.9 Å². The van der Waals surface area contributed by atoms with E-state index < -0.39 is 23.7 Å². The molecule has 1 aromatic heterocycles. The van der Waals surface area contributed by atoms with Crippen molar-refractivity contribution < 1.29 is 37.0 Å². The zero-order chi connectivity index (χ0) is 27.2. The van der Waals surface area contributed by atoms with E-state index in [-0.39, 0.29) is 30.7 Å². The second-order valence-corrected chi connectivity index (χ2v) is 9.53.